The molecule has 0 aliphatic carbocycles. The lowest BCUT2D eigenvalue weighted by Crippen LogP contribution is -2.05. The number of carbonyl (C=O) groups is 1. The molecule has 1 aromatic rings. The van der Waals surface area contributed by atoms with Crippen molar-refractivity contribution < 1.29 is 14.6 Å². The van der Waals surface area contributed by atoms with Crippen LogP contribution in [0.3, 0.4) is 0 Å². The molecule has 0 aliphatic rings. The zero-order valence-corrected chi connectivity index (χ0v) is 11.5. The van der Waals surface area contributed by atoms with Crippen molar-refractivity contribution >= 4 is 37.8 Å². The molecular formula is C11H10Br2O3. The minimum Gasteiger partial charge on any atom is -0.491 e. The first-order valence-electron chi connectivity index (χ1n) is 4.50. The maximum Gasteiger partial charge on any atom is 0.331 e. The summed E-state index contributed by atoms with van der Waals surface area (Å²) in [5, 5.41) is 8.61. The minimum atomic E-state index is -0.991. The van der Waals surface area contributed by atoms with Crippen LogP contribution in [0, 0.1) is 0 Å². The van der Waals surface area contributed by atoms with Gasteiger partial charge < -0.3 is 9.84 Å². The lowest BCUT2D eigenvalue weighted by Gasteiger charge is -2.09. The molecule has 5 heteroatoms. The molecule has 16 heavy (non-hydrogen) atoms. The second-order valence-electron chi connectivity index (χ2n) is 3.06. The first kappa shape index (κ1) is 13.3. The van der Waals surface area contributed by atoms with E-state index in [0.717, 1.165) is 8.95 Å². The number of benzene rings is 1. The van der Waals surface area contributed by atoms with Gasteiger partial charge in [0.2, 0.25) is 0 Å². The van der Waals surface area contributed by atoms with Gasteiger partial charge in [-0.25, -0.2) is 4.79 Å². The fourth-order valence-corrected chi connectivity index (χ4v) is 2.23. The third-order valence-corrected chi connectivity index (χ3v) is 3.12. The Labute approximate surface area is 110 Å². The van der Waals surface area contributed by atoms with Gasteiger partial charge in [-0.05, 0) is 44.0 Å². The summed E-state index contributed by atoms with van der Waals surface area (Å²) in [5.41, 5.74) is 0.142. The lowest BCUT2D eigenvalue weighted by molar-refractivity contribution is -0.132. The van der Waals surface area contributed by atoms with E-state index in [-0.39, 0.29) is 12.2 Å². The fourth-order valence-electron chi connectivity index (χ4n) is 1.00. The van der Waals surface area contributed by atoms with E-state index in [1.807, 2.05) is 18.2 Å². The summed E-state index contributed by atoms with van der Waals surface area (Å²) in [6.07, 6.45) is 0.295. The quantitative estimate of drug-likeness (QED) is 0.826. The van der Waals surface area contributed by atoms with Gasteiger partial charge in [-0.3, -0.25) is 0 Å². The van der Waals surface area contributed by atoms with E-state index in [9.17, 15) is 4.79 Å². The number of hydrogen-bond donors (Lipinski definition) is 1. The van der Waals surface area contributed by atoms with Crippen molar-refractivity contribution in [3.05, 3.63) is 39.3 Å². The fraction of sp³-hybridized carbons (Fsp3) is 0.182. The maximum atomic E-state index is 10.5. The maximum absolute atomic E-state index is 10.5. The average Bonchev–Trinajstić information content (AvgIpc) is 2.22. The normalized spacial score (nSPS) is 9.88. The number of carboxylic acids is 1. The minimum absolute atomic E-state index is 0.142. The molecule has 0 atom stereocenters. The van der Waals surface area contributed by atoms with Crippen molar-refractivity contribution in [3.8, 4) is 5.75 Å². The van der Waals surface area contributed by atoms with Crippen LogP contribution in [0.1, 0.15) is 6.42 Å². The van der Waals surface area contributed by atoms with Gasteiger partial charge in [-0.15, -0.1) is 0 Å². The summed E-state index contributed by atoms with van der Waals surface area (Å²) >= 11 is 6.70. The Balaban J connectivity index is 2.55. The van der Waals surface area contributed by atoms with Crippen molar-refractivity contribution in [2.45, 2.75) is 6.42 Å². The number of halogens is 2. The summed E-state index contributed by atoms with van der Waals surface area (Å²) in [5.74, 6) is -0.324. The summed E-state index contributed by atoms with van der Waals surface area (Å²) in [4.78, 5) is 10.5. The van der Waals surface area contributed by atoms with E-state index in [4.69, 9.17) is 9.84 Å². The van der Waals surface area contributed by atoms with Gasteiger partial charge in [0, 0.05) is 12.0 Å². The highest BCUT2D eigenvalue weighted by Gasteiger charge is 2.07. The van der Waals surface area contributed by atoms with E-state index < -0.39 is 5.97 Å². The smallest absolute Gasteiger partial charge is 0.331 e. The Kier molecular flexibility index (Phi) is 5.02. The number of ether oxygens (including phenoxy) is 1. The van der Waals surface area contributed by atoms with Crippen LogP contribution in [-0.4, -0.2) is 17.7 Å². The highest BCUT2D eigenvalue weighted by Crippen LogP contribution is 2.33. The van der Waals surface area contributed by atoms with Crippen molar-refractivity contribution in [1.82, 2.24) is 0 Å². The van der Waals surface area contributed by atoms with Crippen LogP contribution in [0.25, 0.3) is 0 Å². The standard InChI is InChI=1S/C11H10Br2O3/c1-7(11(14)15)5-6-16-10-8(12)3-2-4-9(10)13/h2-4H,1,5-6H2,(H,14,15). The van der Waals surface area contributed by atoms with Crippen LogP contribution in [-0.2, 0) is 4.79 Å². The zero-order chi connectivity index (χ0) is 12.1. The number of rotatable bonds is 5. The van der Waals surface area contributed by atoms with Gasteiger partial charge >= 0.3 is 5.97 Å². The molecule has 86 valence electrons. The third kappa shape index (κ3) is 3.64. The molecule has 0 saturated carbocycles. The summed E-state index contributed by atoms with van der Waals surface area (Å²) in [6.45, 7) is 3.71. The van der Waals surface area contributed by atoms with Crippen molar-refractivity contribution in [1.29, 1.82) is 0 Å². The average molecular weight is 350 g/mol. The Hall–Kier alpha value is -0.810. The van der Waals surface area contributed by atoms with Gasteiger partial charge in [0.05, 0.1) is 15.6 Å². The van der Waals surface area contributed by atoms with Crippen molar-refractivity contribution in [2.24, 2.45) is 0 Å². The Morgan fingerprint density at radius 1 is 1.38 bits per heavy atom. The highest BCUT2D eigenvalue weighted by atomic mass is 79.9. The van der Waals surface area contributed by atoms with Crippen LogP contribution in [0.15, 0.2) is 39.3 Å². The second kappa shape index (κ2) is 6.06. The SMILES string of the molecule is C=C(CCOc1c(Br)cccc1Br)C(=O)O. The van der Waals surface area contributed by atoms with Crippen molar-refractivity contribution in [2.75, 3.05) is 6.61 Å². The summed E-state index contributed by atoms with van der Waals surface area (Å²) in [6, 6.07) is 5.58. The number of hydrogen-bond acceptors (Lipinski definition) is 2. The molecule has 0 bridgehead atoms. The summed E-state index contributed by atoms with van der Waals surface area (Å²) in [7, 11) is 0. The van der Waals surface area contributed by atoms with Crippen LogP contribution < -0.4 is 4.74 Å². The molecule has 1 rings (SSSR count). The first-order chi connectivity index (χ1) is 7.52. The molecule has 1 N–H and O–H groups in total. The molecule has 0 aromatic heterocycles. The van der Waals surface area contributed by atoms with Crippen LogP contribution >= 0.6 is 31.9 Å². The van der Waals surface area contributed by atoms with Crippen LogP contribution in [0.5, 0.6) is 5.75 Å². The Morgan fingerprint density at radius 3 is 2.44 bits per heavy atom. The van der Waals surface area contributed by atoms with E-state index in [1.165, 1.54) is 0 Å². The third-order valence-electron chi connectivity index (χ3n) is 1.87. The van der Waals surface area contributed by atoms with Crippen LogP contribution in [0.2, 0.25) is 0 Å². The van der Waals surface area contributed by atoms with Gasteiger partial charge in [-0.2, -0.15) is 0 Å². The molecule has 0 fully saturated rings. The summed E-state index contributed by atoms with van der Waals surface area (Å²) < 4.78 is 7.11. The van der Waals surface area contributed by atoms with E-state index in [1.54, 1.807) is 0 Å². The lowest BCUT2D eigenvalue weighted by atomic mass is 10.2. The van der Waals surface area contributed by atoms with Crippen LogP contribution in [0.4, 0.5) is 0 Å². The zero-order valence-electron chi connectivity index (χ0n) is 8.37. The predicted molar refractivity (Wildman–Crippen MR) is 68.7 cm³/mol. The molecular weight excluding hydrogens is 340 g/mol. The number of para-hydroxylation sites is 1. The van der Waals surface area contributed by atoms with E-state index in [2.05, 4.69) is 38.4 Å². The van der Waals surface area contributed by atoms with Gasteiger partial charge in [0.15, 0.2) is 0 Å². The number of aliphatic carboxylic acids is 1. The topological polar surface area (TPSA) is 46.5 Å². The molecule has 0 unspecified atom stereocenters. The molecule has 0 aliphatic heterocycles. The van der Waals surface area contributed by atoms with Crippen molar-refractivity contribution in [3.63, 3.8) is 0 Å². The number of carboxylic acid groups (broad SMARTS) is 1. The molecule has 0 radical (unpaired) electrons. The monoisotopic (exact) mass is 348 g/mol. The molecule has 3 nitrogen and oxygen atoms in total. The van der Waals surface area contributed by atoms with Gasteiger partial charge in [0.25, 0.3) is 0 Å². The Bertz CT molecular complexity index is 395. The Morgan fingerprint density at radius 2 is 1.94 bits per heavy atom. The molecule has 0 saturated heterocycles. The van der Waals surface area contributed by atoms with Gasteiger partial charge in [0.1, 0.15) is 5.75 Å². The van der Waals surface area contributed by atoms with E-state index in [0.29, 0.717) is 12.2 Å². The molecule has 1 aromatic carbocycles. The second-order valence-corrected chi connectivity index (χ2v) is 4.77. The predicted octanol–water partition coefficient (Wildman–Crippen LogP) is 3.62. The van der Waals surface area contributed by atoms with E-state index >= 15 is 0 Å². The molecule has 0 amide bonds. The molecule has 0 heterocycles. The largest absolute Gasteiger partial charge is 0.491 e. The molecule has 0 spiro atoms. The first-order valence-corrected chi connectivity index (χ1v) is 6.09. The van der Waals surface area contributed by atoms with Gasteiger partial charge in [-0.1, -0.05) is 12.6 Å². The highest BCUT2D eigenvalue weighted by molar-refractivity contribution is 9.11.